The van der Waals surface area contributed by atoms with Gasteiger partial charge in [0.25, 0.3) is 11.4 Å². The highest BCUT2D eigenvalue weighted by molar-refractivity contribution is 5.70. The first kappa shape index (κ1) is 14.2. The molecule has 2 aromatic heterocycles. The molecule has 0 spiro atoms. The number of nitro groups is 2. The number of rotatable bonds is 3. The van der Waals surface area contributed by atoms with Gasteiger partial charge in [-0.25, -0.2) is 4.98 Å². The van der Waals surface area contributed by atoms with Gasteiger partial charge in [0.1, 0.15) is 17.4 Å². The fraction of sp³-hybridized carbons (Fsp3) is 0. The average molecular weight is 309 g/mol. The maximum Gasteiger partial charge on any atom is 0.286 e. The summed E-state index contributed by atoms with van der Waals surface area (Å²) in [7, 11) is 0. The largest absolute Gasteiger partial charge is 0.286 e. The van der Waals surface area contributed by atoms with Crippen LogP contribution in [0.3, 0.4) is 0 Å². The van der Waals surface area contributed by atoms with Crippen molar-refractivity contribution in [1.29, 1.82) is 5.26 Å². The Morgan fingerprint density at radius 2 is 1.61 bits per heavy atom. The molecule has 0 saturated heterocycles. The van der Waals surface area contributed by atoms with Gasteiger partial charge in [-0.1, -0.05) is 0 Å². The minimum absolute atomic E-state index is 0.0772. The zero-order valence-corrected chi connectivity index (χ0v) is 11.4. The van der Waals surface area contributed by atoms with Crippen LogP contribution in [0, 0.1) is 31.6 Å². The van der Waals surface area contributed by atoms with Crippen LogP contribution >= 0.6 is 0 Å². The van der Waals surface area contributed by atoms with Crippen LogP contribution in [-0.4, -0.2) is 19.2 Å². The Morgan fingerprint density at radius 1 is 1.00 bits per heavy atom. The van der Waals surface area contributed by atoms with Crippen molar-refractivity contribution < 1.29 is 9.85 Å². The number of aromatic nitrogens is 2. The van der Waals surface area contributed by atoms with Crippen LogP contribution in [0.5, 0.6) is 0 Å². The standard InChI is InChI=1S/C14H7N5O4/c15-7-12-14(9-1-3-10(4-2-9)18(20)21)16-13-6-5-11(19(22)23)8-17(12)13/h1-6,8H. The molecule has 1 aromatic carbocycles. The topological polar surface area (TPSA) is 127 Å². The Bertz CT molecular complexity index is 985. The minimum atomic E-state index is -0.563. The third-order valence-corrected chi connectivity index (χ3v) is 3.27. The number of pyridine rings is 1. The molecule has 0 aliphatic rings. The molecule has 0 radical (unpaired) electrons. The van der Waals surface area contributed by atoms with Crippen molar-refractivity contribution in [2.45, 2.75) is 0 Å². The number of nitrogens with zero attached hydrogens (tertiary/aromatic N) is 5. The maximum atomic E-state index is 10.8. The van der Waals surface area contributed by atoms with E-state index in [0.717, 1.165) is 0 Å². The maximum absolute atomic E-state index is 10.8. The van der Waals surface area contributed by atoms with Gasteiger partial charge in [-0.2, -0.15) is 5.26 Å². The SMILES string of the molecule is N#Cc1c(-c2ccc([N+](=O)[O-])cc2)nc2ccc([N+](=O)[O-])cn12. The van der Waals surface area contributed by atoms with Crippen LogP contribution in [-0.2, 0) is 0 Å². The zero-order chi connectivity index (χ0) is 16.6. The van der Waals surface area contributed by atoms with Crippen LogP contribution in [0.25, 0.3) is 16.9 Å². The fourth-order valence-corrected chi connectivity index (χ4v) is 2.19. The lowest BCUT2D eigenvalue weighted by Crippen LogP contribution is -1.94. The van der Waals surface area contributed by atoms with Gasteiger partial charge in [-0.3, -0.25) is 24.6 Å². The number of benzene rings is 1. The molecular formula is C14H7N5O4. The molecule has 0 amide bonds. The van der Waals surface area contributed by atoms with E-state index in [4.69, 9.17) is 0 Å². The summed E-state index contributed by atoms with van der Waals surface area (Å²) in [5.41, 5.74) is 1.08. The highest BCUT2D eigenvalue weighted by Crippen LogP contribution is 2.27. The molecule has 0 N–H and O–H groups in total. The summed E-state index contributed by atoms with van der Waals surface area (Å²) in [6, 6.07) is 10.3. The van der Waals surface area contributed by atoms with E-state index in [2.05, 4.69) is 4.98 Å². The van der Waals surface area contributed by atoms with Gasteiger partial charge < -0.3 is 0 Å². The van der Waals surface area contributed by atoms with Crippen LogP contribution in [0.15, 0.2) is 42.6 Å². The smallest absolute Gasteiger partial charge is 0.284 e. The number of non-ortho nitro benzene ring substituents is 1. The first-order chi connectivity index (χ1) is 11.0. The average Bonchev–Trinajstić information content (AvgIpc) is 2.92. The molecule has 0 aliphatic heterocycles. The van der Waals surface area contributed by atoms with Crippen molar-refractivity contribution in [3.8, 4) is 17.3 Å². The van der Waals surface area contributed by atoms with Crippen LogP contribution in [0.1, 0.15) is 5.69 Å². The molecule has 0 atom stereocenters. The molecule has 9 nitrogen and oxygen atoms in total. The number of hydrogen-bond acceptors (Lipinski definition) is 6. The third kappa shape index (κ3) is 2.34. The second-order valence-corrected chi connectivity index (χ2v) is 4.60. The first-order valence-electron chi connectivity index (χ1n) is 6.32. The normalized spacial score (nSPS) is 10.4. The number of nitriles is 1. The monoisotopic (exact) mass is 309 g/mol. The Hall–Kier alpha value is -3.80. The van der Waals surface area contributed by atoms with Crippen LogP contribution in [0.4, 0.5) is 11.4 Å². The highest BCUT2D eigenvalue weighted by atomic mass is 16.6. The summed E-state index contributed by atoms with van der Waals surface area (Å²) in [6.07, 6.45) is 1.22. The van der Waals surface area contributed by atoms with E-state index in [0.29, 0.717) is 16.9 Å². The van der Waals surface area contributed by atoms with Gasteiger partial charge in [0.05, 0.1) is 16.0 Å². The van der Waals surface area contributed by atoms with Crippen LogP contribution in [0.2, 0.25) is 0 Å². The van der Waals surface area contributed by atoms with Crippen molar-refractivity contribution in [3.63, 3.8) is 0 Å². The molecule has 0 bridgehead atoms. The molecular weight excluding hydrogens is 302 g/mol. The van der Waals surface area contributed by atoms with Gasteiger partial charge in [-0.05, 0) is 18.2 Å². The van der Waals surface area contributed by atoms with E-state index < -0.39 is 9.85 Å². The van der Waals surface area contributed by atoms with Crippen molar-refractivity contribution in [2.24, 2.45) is 0 Å². The first-order valence-corrected chi connectivity index (χ1v) is 6.32. The Balaban J connectivity index is 2.19. The molecule has 3 aromatic rings. The van der Waals surface area contributed by atoms with Crippen molar-refractivity contribution in [2.75, 3.05) is 0 Å². The summed E-state index contributed by atoms with van der Waals surface area (Å²) in [6.45, 7) is 0. The number of fused-ring (bicyclic) bond motifs is 1. The quantitative estimate of drug-likeness (QED) is 0.540. The lowest BCUT2D eigenvalue weighted by Gasteiger charge is -1.98. The predicted molar refractivity (Wildman–Crippen MR) is 78.7 cm³/mol. The van der Waals surface area contributed by atoms with Crippen molar-refractivity contribution in [3.05, 3.63) is 68.5 Å². The Morgan fingerprint density at radius 3 is 2.17 bits per heavy atom. The number of hydrogen-bond donors (Lipinski definition) is 0. The second kappa shape index (κ2) is 5.19. The van der Waals surface area contributed by atoms with Gasteiger partial charge in [0.2, 0.25) is 0 Å². The molecule has 9 heteroatoms. The lowest BCUT2D eigenvalue weighted by molar-refractivity contribution is -0.385. The summed E-state index contributed by atoms with van der Waals surface area (Å²) in [4.78, 5) is 24.7. The molecule has 112 valence electrons. The van der Waals surface area contributed by atoms with E-state index >= 15 is 0 Å². The van der Waals surface area contributed by atoms with Gasteiger partial charge >= 0.3 is 0 Å². The number of nitro benzene ring substituents is 1. The van der Waals surface area contributed by atoms with Gasteiger partial charge in [-0.15, -0.1) is 0 Å². The summed E-state index contributed by atoms with van der Waals surface area (Å²) < 4.78 is 1.33. The van der Waals surface area contributed by atoms with E-state index in [1.165, 1.54) is 47.0 Å². The summed E-state index contributed by atoms with van der Waals surface area (Å²) in [5.74, 6) is 0. The van der Waals surface area contributed by atoms with Gasteiger partial charge in [0, 0.05) is 23.8 Å². The molecule has 0 unspecified atom stereocenters. The predicted octanol–water partition coefficient (Wildman–Crippen LogP) is 2.69. The van der Waals surface area contributed by atoms with Crippen LogP contribution < -0.4 is 0 Å². The van der Waals surface area contributed by atoms with E-state index in [9.17, 15) is 25.5 Å². The number of imidazole rings is 1. The minimum Gasteiger partial charge on any atom is -0.284 e. The molecule has 0 aliphatic carbocycles. The molecule has 3 rings (SSSR count). The van der Waals surface area contributed by atoms with E-state index in [1.807, 2.05) is 6.07 Å². The zero-order valence-electron chi connectivity index (χ0n) is 11.4. The second-order valence-electron chi connectivity index (χ2n) is 4.60. The highest BCUT2D eigenvalue weighted by Gasteiger charge is 2.17. The van der Waals surface area contributed by atoms with Crippen molar-refractivity contribution >= 4 is 17.0 Å². The fourth-order valence-electron chi connectivity index (χ4n) is 2.19. The van der Waals surface area contributed by atoms with Gasteiger partial charge in [0.15, 0.2) is 5.69 Å². The summed E-state index contributed by atoms with van der Waals surface area (Å²) >= 11 is 0. The lowest BCUT2D eigenvalue weighted by atomic mass is 10.1. The van der Waals surface area contributed by atoms with E-state index in [-0.39, 0.29) is 17.1 Å². The summed E-state index contributed by atoms with van der Waals surface area (Å²) in [5, 5.41) is 30.9. The molecule has 2 heterocycles. The molecule has 0 fully saturated rings. The Kier molecular flexibility index (Phi) is 3.19. The van der Waals surface area contributed by atoms with Crippen molar-refractivity contribution in [1.82, 2.24) is 9.38 Å². The van der Waals surface area contributed by atoms with E-state index in [1.54, 1.807) is 0 Å². The third-order valence-electron chi connectivity index (χ3n) is 3.27. The Labute approximate surface area is 128 Å². The molecule has 0 saturated carbocycles. The molecule has 23 heavy (non-hydrogen) atoms.